The first-order chi connectivity index (χ1) is 13.3. The number of nitro benzene ring substituents is 1. The van der Waals surface area contributed by atoms with Gasteiger partial charge < -0.3 is 5.32 Å². The molecule has 2 amide bonds. The summed E-state index contributed by atoms with van der Waals surface area (Å²) in [5.74, 6) is -0.268. The van der Waals surface area contributed by atoms with Crippen LogP contribution in [0.4, 0.5) is 11.4 Å². The fraction of sp³-hybridized carbons (Fsp3) is 0.250. The molecule has 0 saturated heterocycles. The van der Waals surface area contributed by atoms with Crippen molar-refractivity contribution in [1.29, 1.82) is 0 Å². The molecule has 3 rings (SSSR count). The van der Waals surface area contributed by atoms with Crippen LogP contribution < -0.4 is 10.7 Å². The third kappa shape index (κ3) is 4.59. The molecule has 1 fully saturated rings. The summed E-state index contributed by atoms with van der Waals surface area (Å²) in [5, 5.41) is 17.8. The zero-order valence-corrected chi connectivity index (χ0v) is 15.6. The van der Waals surface area contributed by atoms with Crippen LogP contribution in [0.5, 0.6) is 0 Å². The SMILES string of the molecule is C/C(=N\NC(=O)c1ccc([N+](=O)[O-])c(C)c1)c1ccc(NC(=O)C2CC2)cc1. The molecule has 0 bridgehead atoms. The van der Waals surface area contributed by atoms with E-state index in [-0.39, 0.29) is 23.1 Å². The van der Waals surface area contributed by atoms with E-state index < -0.39 is 10.8 Å². The predicted octanol–water partition coefficient (Wildman–Crippen LogP) is 3.41. The van der Waals surface area contributed by atoms with E-state index in [9.17, 15) is 19.7 Å². The lowest BCUT2D eigenvalue weighted by Crippen LogP contribution is -2.19. The Kier molecular flexibility index (Phi) is 5.49. The Morgan fingerprint density at radius 1 is 1.11 bits per heavy atom. The molecule has 0 aromatic heterocycles. The van der Waals surface area contributed by atoms with E-state index in [0.29, 0.717) is 11.3 Å². The molecule has 1 aliphatic carbocycles. The molecule has 28 heavy (non-hydrogen) atoms. The van der Waals surface area contributed by atoms with Gasteiger partial charge in [-0.05, 0) is 56.5 Å². The predicted molar refractivity (Wildman–Crippen MR) is 105 cm³/mol. The van der Waals surface area contributed by atoms with Crippen LogP contribution in [0.1, 0.15) is 41.3 Å². The highest BCUT2D eigenvalue weighted by Gasteiger charge is 2.29. The van der Waals surface area contributed by atoms with Crippen LogP contribution in [0.15, 0.2) is 47.6 Å². The minimum atomic E-state index is -0.490. The highest BCUT2D eigenvalue weighted by molar-refractivity contribution is 6.01. The molecule has 2 aromatic carbocycles. The zero-order chi connectivity index (χ0) is 20.3. The molecular formula is C20H20N4O4. The highest BCUT2D eigenvalue weighted by Crippen LogP contribution is 2.30. The quantitative estimate of drug-likeness (QED) is 0.454. The van der Waals surface area contributed by atoms with Crippen LogP contribution in [0.3, 0.4) is 0 Å². The van der Waals surface area contributed by atoms with Gasteiger partial charge in [0.1, 0.15) is 0 Å². The Labute approximate surface area is 161 Å². The lowest BCUT2D eigenvalue weighted by Gasteiger charge is -2.07. The van der Waals surface area contributed by atoms with E-state index in [1.165, 1.54) is 18.2 Å². The maximum absolute atomic E-state index is 12.2. The van der Waals surface area contributed by atoms with Gasteiger partial charge in [0.2, 0.25) is 5.91 Å². The lowest BCUT2D eigenvalue weighted by atomic mass is 10.1. The Bertz CT molecular complexity index is 963. The van der Waals surface area contributed by atoms with Gasteiger partial charge >= 0.3 is 0 Å². The number of aryl methyl sites for hydroxylation is 1. The second kappa shape index (κ2) is 7.99. The number of anilines is 1. The molecule has 2 N–H and O–H groups in total. The average Bonchev–Trinajstić information content (AvgIpc) is 3.51. The van der Waals surface area contributed by atoms with E-state index in [0.717, 1.165) is 24.1 Å². The number of nitrogens with one attached hydrogen (secondary N) is 2. The van der Waals surface area contributed by atoms with Gasteiger partial charge in [0.25, 0.3) is 11.6 Å². The summed E-state index contributed by atoms with van der Waals surface area (Å²) < 4.78 is 0. The van der Waals surface area contributed by atoms with Crippen LogP contribution in [-0.2, 0) is 4.79 Å². The number of benzene rings is 2. The third-order valence-electron chi connectivity index (χ3n) is 4.50. The Hall–Kier alpha value is -3.55. The molecule has 8 heteroatoms. The fourth-order valence-corrected chi connectivity index (χ4v) is 2.65. The van der Waals surface area contributed by atoms with E-state index in [2.05, 4.69) is 15.8 Å². The van der Waals surface area contributed by atoms with Crippen molar-refractivity contribution >= 4 is 28.9 Å². The van der Waals surface area contributed by atoms with Gasteiger partial charge in [-0.3, -0.25) is 19.7 Å². The van der Waals surface area contributed by atoms with Crippen molar-refractivity contribution < 1.29 is 14.5 Å². The number of rotatable bonds is 6. The Morgan fingerprint density at radius 2 is 1.75 bits per heavy atom. The fourth-order valence-electron chi connectivity index (χ4n) is 2.65. The minimum Gasteiger partial charge on any atom is -0.326 e. The number of hydrogen-bond acceptors (Lipinski definition) is 5. The molecule has 0 radical (unpaired) electrons. The van der Waals surface area contributed by atoms with Gasteiger partial charge in [0, 0.05) is 28.8 Å². The summed E-state index contributed by atoms with van der Waals surface area (Å²) in [6.45, 7) is 3.33. The summed E-state index contributed by atoms with van der Waals surface area (Å²) in [7, 11) is 0. The zero-order valence-electron chi connectivity index (χ0n) is 15.6. The summed E-state index contributed by atoms with van der Waals surface area (Å²) >= 11 is 0. The summed E-state index contributed by atoms with van der Waals surface area (Å²) in [4.78, 5) is 34.4. The van der Waals surface area contributed by atoms with Crippen molar-refractivity contribution in [2.75, 3.05) is 5.32 Å². The first-order valence-electron chi connectivity index (χ1n) is 8.86. The Morgan fingerprint density at radius 3 is 2.32 bits per heavy atom. The van der Waals surface area contributed by atoms with E-state index in [1.54, 1.807) is 26.0 Å². The molecule has 144 valence electrons. The van der Waals surface area contributed by atoms with Gasteiger partial charge in [-0.1, -0.05) is 12.1 Å². The van der Waals surface area contributed by atoms with Crippen molar-refractivity contribution in [3.63, 3.8) is 0 Å². The van der Waals surface area contributed by atoms with Crippen LogP contribution in [0.25, 0.3) is 0 Å². The minimum absolute atomic E-state index is 0.0369. The second-order valence-electron chi connectivity index (χ2n) is 6.74. The number of nitrogens with zero attached hydrogens (tertiary/aromatic N) is 2. The van der Waals surface area contributed by atoms with Crippen molar-refractivity contribution in [2.24, 2.45) is 11.0 Å². The molecule has 1 aliphatic rings. The van der Waals surface area contributed by atoms with E-state index >= 15 is 0 Å². The number of carbonyl (C=O) groups is 2. The molecule has 2 aromatic rings. The number of nitro groups is 1. The molecule has 0 heterocycles. The Balaban J connectivity index is 1.63. The molecule has 0 unspecified atom stereocenters. The highest BCUT2D eigenvalue weighted by atomic mass is 16.6. The van der Waals surface area contributed by atoms with Crippen molar-refractivity contribution in [2.45, 2.75) is 26.7 Å². The molecular weight excluding hydrogens is 360 g/mol. The standard InChI is InChI=1S/C20H20N4O4/c1-12-11-16(7-10-18(12)24(27)28)20(26)23-22-13(2)14-5-8-17(9-6-14)21-19(25)15-3-4-15/h5-11,15H,3-4H2,1-2H3,(H,21,25)(H,23,26)/b22-13+. The van der Waals surface area contributed by atoms with E-state index in [4.69, 9.17) is 0 Å². The maximum atomic E-state index is 12.2. The molecule has 8 nitrogen and oxygen atoms in total. The van der Waals surface area contributed by atoms with Crippen molar-refractivity contribution in [3.8, 4) is 0 Å². The monoisotopic (exact) mass is 380 g/mol. The largest absolute Gasteiger partial charge is 0.326 e. The van der Waals surface area contributed by atoms with Crippen molar-refractivity contribution in [3.05, 3.63) is 69.3 Å². The third-order valence-corrected chi connectivity index (χ3v) is 4.50. The van der Waals surface area contributed by atoms with Crippen LogP contribution in [-0.4, -0.2) is 22.4 Å². The maximum Gasteiger partial charge on any atom is 0.272 e. The molecule has 0 atom stereocenters. The lowest BCUT2D eigenvalue weighted by molar-refractivity contribution is -0.385. The number of carbonyl (C=O) groups excluding carboxylic acids is 2. The first kappa shape index (κ1) is 19.2. The normalized spacial score (nSPS) is 13.7. The van der Waals surface area contributed by atoms with Crippen LogP contribution in [0, 0.1) is 23.0 Å². The van der Waals surface area contributed by atoms with Gasteiger partial charge in [0.05, 0.1) is 10.6 Å². The number of hydrogen-bond donors (Lipinski definition) is 2. The number of hydrazone groups is 1. The van der Waals surface area contributed by atoms with E-state index in [1.807, 2.05) is 12.1 Å². The number of amides is 2. The van der Waals surface area contributed by atoms with Crippen LogP contribution in [0.2, 0.25) is 0 Å². The smallest absolute Gasteiger partial charge is 0.272 e. The van der Waals surface area contributed by atoms with Crippen molar-refractivity contribution in [1.82, 2.24) is 5.43 Å². The first-order valence-corrected chi connectivity index (χ1v) is 8.86. The summed E-state index contributed by atoms with van der Waals surface area (Å²) in [6, 6.07) is 11.3. The van der Waals surface area contributed by atoms with Gasteiger partial charge in [-0.15, -0.1) is 0 Å². The topological polar surface area (TPSA) is 114 Å². The van der Waals surface area contributed by atoms with Gasteiger partial charge in [-0.25, -0.2) is 5.43 Å². The summed E-state index contributed by atoms with van der Waals surface area (Å²) in [5.41, 5.74) is 5.22. The molecule has 0 spiro atoms. The average molecular weight is 380 g/mol. The second-order valence-corrected chi connectivity index (χ2v) is 6.74. The van der Waals surface area contributed by atoms with Crippen LogP contribution >= 0.6 is 0 Å². The summed E-state index contributed by atoms with van der Waals surface area (Å²) in [6.07, 6.45) is 1.90. The molecule has 1 saturated carbocycles. The van der Waals surface area contributed by atoms with Gasteiger partial charge in [0.15, 0.2) is 0 Å². The molecule has 0 aliphatic heterocycles. The van der Waals surface area contributed by atoms with Gasteiger partial charge in [-0.2, -0.15) is 5.10 Å².